The highest BCUT2D eigenvalue weighted by Gasteiger charge is 2.38. The minimum atomic E-state index is -5.08. The van der Waals surface area contributed by atoms with E-state index in [4.69, 9.17) is 26.0 Å². The molecule has 23 heavy (non-hydrogen) atoms. The number of hydrogen-bond acceptors (Lipinski definition) is 6. The van der Waals surface area contributed by atoms with Crippen molar-refractivity contribution in [2.75, 3.05) is 25.5 Å². The van der Waals surface area contributed by atoms with Crippen LogP contribution in [0.3, 0.4) is 0 Å². The van der Waals surface area contributed by atoms with Crippen LogP contribution in [0.5, 0.6) is 0 Å². The minimum absolute atomic E-state index is 0.195. The first-order chi connectivity index (χ1) is 10.4. The molecule has 1 heterocycles. The molecule has 1 aromatic heterocycles. The zero-order valence-corrected chi connectivity index (χ0v) is 12.7. The second-order valence-corrected chi connectivity index (χ2v) is 4.41. The molecule has 2 N–H and O–H groups in total. The molecule has 0 aliphatic heterocycles. The molecule has 0 aliphatic carbocycles. The summed E-state index contributed by atoms with van der Waals surface area (Å²) in [6, 6.07) is 0. The number of carboxylic acid groups (broad SMARTS) is 1. The van der Waals surface area contributed by atoms with Crippen molar-refractivity contribution >= 4 is 29.4 Å². The molecule has 0 fully saturated rings. The van der Waals surface area contributed by atoms with Crippen molar-refractivity contribution < 1.29 is 36.8 Å². The number of aliphatic carboxylic acids is 1. The van der Waals surface area contributed by atoms with Crippen LogP contribution in [0.15, 0.2) is 4.52 Å². The van der Waals surface area contributed by atoms with Crippen LogP contribution >= 0.6 is 11.6 Å². The predicted octanol–water partition coefficient (Wildman–Crippen LogP) is 0.962. The summed E-state index contributed by atoms with van der Waals surface area (Å²) in [5.74, 6) is -2.81. The van der Waals surface area contributed by atoms with E-state index in [-0.39, 0.29) is 6.54 Å². The predicted molar refractivity (Wildman–Crippen MR) is 69.8 cm³/mol. The standard InChI is InChI=1S/C8H12ClFN4O2.C2HF3O2/c1-14(2)8-12-5(16-13-8)3-4-11-7(15)6(9)10;3-2(4,5)1(6)7/h6H,3-4H2,1-2H3,(H,11,15);(H,6,7). The molecule has 0 radical (unpaired) electrons. The quantitative estimate of drug-likeness (QED) is 0.591. The van der Waals surface area contributed by atoms with Gasteiger partial charge in [0.25, 0.3) is 17.5 Å². The summed E-state index contributed by atoms with van der Waals surface area (Å²) < 4.78 is 48.8. The number of anilines is 1. The fraction of sp³-hybridized carbons (Fsp3) is 0.600. The Morgan fingerprint density at radius 3 is 2.30 bits per heavy atom. The topological polar surface area (TPSA) is 109 Å². The van der Waals surface area contributed by atoms with Gasteiger partial charge < -0.3 is 19.8 Å². The van der Waals surface area contributed by atoms with Crippen LogP contribution in [-0.2, 0) is 16.0 Å². The SMILES string of the molecule is CN(C)c1noc(CCNC(=O)C(F)Cl)n1.O=C(O)C(F)(F)F. The van der Waals surface area contributed by atoms with Gasteiger partial charge in [-0.05, 0) is 5.16 Å². The van der Waals surface area contributed by atoms with Crippen molar-refractivity contribution in [1.29, 1.82) is 0 Å². The second-order valence-electron chi connectivity index (χ2n) is 4.03. The van der Waals surface area contributed by atoms with Crippen molar-refractivity contribution in [2.45, 2.75) is 18.2 Å². The second kappa shape index (κ2) is 9.12. The highest BCUT2D eigenvalue weighted by atomic mass is 35.5. The molecule has 1 atom stereocenters. The number of alkyl halides is 5. The Labute approximate surface area is 132 Å². The lowest BCUT2D eigenvalue weighted by Crippen LogP contribution is -2.30. The average molecular weight is 365 g/mol. The van der Waals surface area contributed by atoms with Crippen LogP contribution in [-0.4, -0.2) is 59.6 Å². The molecule has 1 unspecified atom stereocenters. The van der Waals surface area contributed by atoms with Gasteiger partial charge in [0.05, 0.1) is 0 Å². The Balaban J connectivity index is 0.000000585. The first-order valence-electron chi connectivity index (χ1n) is 5.81. The maximum Gasteiger partial charge on any atom is 0.490 e. The van der Waals surface area contributed by atoms with Crippen molar-refractivity contribution in [3.63, 3.8) is 0 Å². The minimum Gasteiger partial charge on any atom is -0.475 e. The summed E-state index contributed by atoms with van der Waals surface area (Å²) in [6.07, 6.45) is -4.75. The third kappa shape index (κ3) is 8.80. The van der Waals surface area contributed by atoms with E-state index in [1.54, 1.807) is 19.0 Å². The summed E-state index contributed by atoms with van der Waals surface area (Å²) in [7, 11) is 3.55. The number of nitrogens with zero attached hydrogens (tertiary/aromatic N) is 3. The third-order valence-electron chi connectivity index (χ3n) is 1.94. The lowest BCUT2D eigenvalue weighted by molar-refractivity contribution is -0.192. The zero-order valence-electron chi connectivity index (χ0n) is 11.9. The molecule has 13 heteroatoms. The molecule has 1 amide bonds. The number of rotatable bonds is 5. The number of carboxylic acids is 1. The Morgan fingerprint density at radius 1 is 1.43 bits per heavy atom. The molecule has 132 valence electrons. The number of carbonyl (C=O) groups excluding carboxylic acids is 1. The zero-order chi connectivity index (χ0) is 18.2. The number of aromatic nitrogens is 2. The van der Waals surface area contributed by atoms with E-state index < -0.39 is 23.7 Å². The molecule has 0 spiro atoms. The van der Waals surface area contributed by atoms with Gasteiger partial charge >= 0.3 is 12.1 Å². The average Bonchev–Trinajstić information content (AvgIpc) is 2.87. The van der Waals surface area contributed by atoms with E-state index >= 15 is 0 Å². The molecular weight excluding hydrogens is 352 g/mol. The van der Waals surface area contributed by atoms with Crippen LogP contribution in [0.4, 0.5) is 23.5 Å². The molecular formula is C10H13ClF4N4O4. The lowest BCUT2D eigenvalue weighted by atomic mass is 10.4. The summed E-state index contributed by atoms with van der Waals surface area (Å²) in [5, 5.41) is 13.1. The monoisotopic (exact) mass is 364 g/mol. The van der Waals surface area contributed by atoms with Crippen LogP contribution in [0.2, 0.25) is 0 Å². The maximum absolute atomic E-state index is 12.2. The fourth-order valence-electron chi connectivity index (χ4n) is 0.899. The Bertz CT molecular complexity index is 521. The van der Waals surface area contributed by atoms with Gasteiger partial charge in [0.15, 0.2) is 0 Å². The van der Waals surface area contributed by atoms with E-state index in [2.05, 4.69) is 15.5 Å². The molecule has 0 bridgehead atoms. The van der Waals surface area contributed by atoms with Crippen LogP contribution in [0.1, 0.15) is 5.89 Å². The number of carbonyl (C=O) groups is 2. The summed E-state index contributed by atoms with van der Waals surface area (Å²) in [4.78, 5) is 25.4. The van der Waals surface area contributed by atoms with Gasteiger partial charge in [0, 0.05) is 27.1 Å². The summed E-state index contributed by atoms with van der Waals surface area (Å²) in [5.41, 5.74) is -2.03. The van der Waals surface area contributed by atoms with Crippen LogP contribution in [0, 0.1) is 0 Å². The smallest absolute Gasteiger partial charge is 0.475 e. The van der Waals surface area contributed by atoms with Gasteiger partial charge in [-0.3, -0.25) is 4.79 Å². The number of halogens is 5. The van der Waals surface area contributed by atoms with Crippen molar-refractivity contribution in [1.82, 2.24) is 15.5 Å². The largest absolute Gasteiger partial charge is 0.490 e. The molecule has 8 nitrogen and oxygen atoms in total. The number of hydrogen-bond donors (Lipinski definition) is 2. The highest BCUT2D eigenvalue weighted by Crippen LogP contribution is 2.13. The van der Waals surface area contributed by atoms with E-state index in [0.717, 1.165) is 0 Å². The normalized spacial score (nSPS) is 12.0. The van der Waals surface area contributed by atoms with Crippen molar-refractivity contribution in [3.8, 4) is 0 Å². The number of amides is 1. The van der Waals surface area contributed by atoms with E-state index in [0.29, 0.717) is 18.3 Å². The van der Waals surface area contributed by atoms with Gasteiger partial charge in [0.1, 0.15) is 0 Å². The molecule has 0 saturated carbocycles. The molecule has 1 aromatic rings. The molecule has 0 saturated heterocycles. The van der Waals surface area contributed by atoms with Gasteiger partial charge in [-0.15, -0.1) is 0 Å². The van der Waals surface area contributed by atoms with Crippen LogP contribution < -0.4 is 10.2 Å². The van der Waals surface area contributed by atoms with Gasteiger partial charge in [-0.25, -0.2) is 9.18 Å². The third-order valence-corrected chi connectivity index (χ3v) is 2.13. The van der Waals surface area contributed by atoms with Gasteiger partial charge in [-0.1, -0.05) is 11.6 Å². The molecule has 1 rings (SSSR count). The molecule has 0 aromatic carbocycles. The Hall–Kier alpha value is -2.11. The van der Waals surface area contributed by atoms with Gasteiger partial charge in [-0.2, -0.15) is 18.2 Å². The van der Waals surface area contributed by atoms with E-state index in [1.165, 1.54) is 0 Å². The highest BCUT2D eigenvalue weighted by molar-refractivity contribution is 6.29. The number of nitrogens with one attached hydrogen (secondary N) is 1. The molecule has 0 aliphatic rings. The fourth-order valence-corrected chi connectivity index (χ4v) is 0.976. The van der Waals surface area contributed by atoms with Crippen LogP contribution in [0.25, 0.3) is 0 Å². The summed E-state index contributed by atoms with van der Waals surface area (Å²) in [6.45, 7) is 0.195. The first-order valence-corrected chi connectivity index (χ1v) is 6.24. The Morgan fingerprint density at radius 2 is 1.96 bits per heavy atom. The van der Waals surface area contributed by atoms with Crippen molar-refractivity contribution in [3.05, 3.63) is 5.89 Å². The van der Waals surface area contributed by atoms with E-state index in [1.807, 2.05) is 0 Å². The Kier molecular flexibility index (Phi) is 8.29. The lowest BCUT2D eigenvalue weighted by Gasteiger charge is -2.03. The van der Waals surface area contributed by atoms with Crippen molar-refractivity contribution in [2.24, 2.45) is 0 Å². The van der Waals surface area contributed by atoms with Gasteiger partial charge in [0.2, 0.25) is 5.89 Å². The van der Waals surface area contributed by atoms with E-state index in [9.17, 15) is 22.4 Å². The maximum atomic E-state index is 12.2. The first kappa shape index (κ1) is 20.9. The summed E-state index contributed by atoms with van der Waals surface area (Å²) >= 11 is 4.92.